The van der Waals surface area contributed by atoms with Gasteiger partial charge in [0.2, 0.25) is 5.91 Å². The Morgan fingerprint density at radius 1 is 0.909 bits per heavy atom. The minimum Gasteiger partial charge on any atom is -0.496 e. The van der Waals surface area contributed by atoms with Crippen molar-refractivity contribution in [2.24, 2.45) is 0 Å². The second-order valence-corrected chi connectivity index (χ2v) is 8.15. The number of aromatic nitrogens is 1. The highest BCUT2D eigenvalue weighted by molar-refractivity contribution is 6.00. The van der Waals surface area contributed by atoms with Gasteiger partial charge in [0.25, 0.3) is 0 Å². The summed E-state index contributed by atoms with van der Waals surface area (Å²) >= 11 is 0. The van der Waals surface area contributed by atoms with E-state index in [1.807, 2.05) is 29.2 Å². The van der Waals surface area contributed by atoms with Gasteiger partial charge in [-0.3, -0.25) is 9.59 Å². The Labute approximate surface area is 193 Å². The first-order valence-electron chi connectivity index (χ1n) is 11.1. The van der Waals surface area contributed by atoms with Crippen LogP contribution in [-0.4, -0.2) is 62.0 Å². The molecule has 1 saturated heterocycles. The average Bonchev–Trinajstić information content (AvgIpc) is 2.86. The van der Waals surface area contributed by atoms with Crippen LogP contribution in [0.4, 0.5) is 5.82 Å². The number of amides is 1. The largest absolute Gasteiger partial charge is 0.496 e. The predicted molar refractivity (Wildman–Crippen MR) is 128 cm³/mol. The van der Waals surface area contributed by atoms with Crippen LogP contribution in [0.1, 0.15) is 28.8 Å². The molecule has 0 atom stereocenters. The molecule has 7 heteroatoms. The fourth-order valence-corrected chi connectivity index (χ4v) is 4.27. The number of benzene rings is 2. The van der Waals surface area contributed by atoms with E-state index in [0.29, 0.717) is 37.5 Å². The first-order chi connectivity index (χ1) is 16.0. The van der Waals surface area contributed by atoms with E-state index in [2.05, 4.69) is 17.9 Å². The summed E-state index contributed by atoms with van der Waals surface area (Å²) < 4.78 is 10.8. The van der Waals surface area contributed by atoms with Crippen molar-refractivity contribution >= 4 is 28.4 Å². The highest BCUT2D eigenvalue weighted by Crippen LogP contribution is 2.29. The van der Waals surface area contributed by atoms with Gasteiger partial charge in [0.1, 0.15) is 22.8 Å². The topological polar surface area (TPSA) is 72.0 Å². The van der Waals surface area contributed by atoms with Crippen molar-refractivity contribution < 1.29 is 19.1 Å². The van der Waals surface area contributed by atoms with Crippen molar-refractivity contribution in [3.8, 4) is 11.5 Å². The summed E-state index contributed by atoms with van der Waals surface area (Å²) in [5, 5.41) is 1.08. The van der Waals surface area contributed by atoms with Crippen LogP contribution in [0.15, 0.2) is 48.5 Å². The number of carbonyl (C=O) groups is 2. The molecule has 0 N–H and O–H groups in total. The lowest BCUT2D eigenvalue weighted by Crippen LogP contribution is -2.49. The van der Waals surface area contributed by atoms with Gasteiger partial charge < -0.3 is 19.3 Å². The van der Waals surface area contributed by atoms with Crippen LogP contribution < -0.4 is 14.4 Å². The van der Waals surface area contributed by atoms with E-state index in [9.17, 15) is 9.59 Å². The second kappa shape index (κ2) is 9.90. The smallest absolute Gasteiger partial charge is 0.223 e. The van der Waals surface area contributed by atoms with Gasteiger partial charge in [-0.25, -0.2) is 4.98 Å². The van der Waals surface area contributed by atoms with Gasteiger partial charge in [0.05, 0.1) is 19.8 Å². The van der Waals surface area contributed by atoms with Gasteiger partial charge in [-0.2, -0.15) is 0 Å². The van der Waals surface area contributed by atoms with Crippen molar-refractivity contribution in [1.29, 1.82) is 0 Å². The van der Waals surface area contributed by atoms with Crippen LogP contribution >= 0.6 is 0 Å². The van der Waals surface area contributed by atoms with E-state index in [4.69, 9.17) is 14.5 Å². The summed E-state index contributed by atoms with van der Waals surface area (Å²) in [4.78, 5) is 34.2. The summed E-state index contributed by atoms with van der Waals surface area (Å²) in [5.41, 5.74) is 2.51. The van der Waals surface area contributed by atoms with E-state index >= 15 is 0 Å². The van der Waals surface area contributed by atoms with Crippen LogP contribution in [0.25, 0.3) is 10.9 Å². The van der Waals surface area contributed by atoms with E-state index < -0.39 is 0 Å². The Hall–Kier alpha value is -3.61. The Kier molecular flexibility index (Phi) is 6.77. The monoisotopic (exact) mass is 447 g/mol. The van der Waals surface area contributed by atoms with E-state index in [1.54, 1.807) is 32.4 Å². The number of aryl methyl sites for hydroxylation is 1. The first kappa shape index (κ1) is 22.6. The Morgan fingerprint density at radius 3 is 2.33 bits per heavy atom. The Balaban J connectivity index is 1.37. The lowest BCUT2D eigenvalue weighted by molar-refractivity contribution is -0.131. The minimum absolute atomic E-state index is 0.00205. The van der Waals surface area contributed by atoms with Gasteiger partial charge in [0, 0.05) is 44.4 Å². The number of carbonyl (C=O) groups excluding carboxylic acids is 2. The van der Waals surface area contributed by atoms with Gasteiger partial charge in [-0.15, -0.1) is 0 Å². The molecule has 1 aliphatic rings. The quantitative estimate of drug-likeness (QED) is 0.512. The van der Waals surface area contributed by atoms with Crippen LogP contribution in [0.3, 0.4) is 0 Å². The molecule has 1 aliphatic heterocycles. The van der Waals surface area contributed by atoms with E-state index in [-0.39, 0.29) is 24.5 Å². The number of anilines is 1. The lowest BCUT2D eigenvalue weighted by atomic mass is 10.0. The molecular formula is C26H29N3O4. The number of rotatable bonds is 7. The molecule has 1 amide bonds. The molecule has 0 saturated carbocycles. The highest BCUT2D eigenvalue weighted by atomic mass is 16.5. The molecule has 7 nitrogen and oxygen atoms in total. The maximum atomic E-state index is 12.7. The fraction of sp³-hybridized carbons (Fsp3) is 0.346. The molecule has 0 bridgehead atoms. The number of piperazine rings is 1. The standard InChI is InChI=1S/C26H29N3O4/c1-18-17-24(27-26-19(18)8-6-10-23(26)33-3)28-13-15-29(16-14-28)25(31)12-11-21(30)20-7-4-5-9-22(20)32-2/h4-10,17H,11-16H2,1-3H3. The zero-order chi connectivity index (χ0) is 23.4. The molecule has 0 unspecified atom stereocenters. The number of methoxy groups -OCH3 is 2. The fourth-order valence-electron chi connectivity index (χ4n) is 4.27. The van der Waals surface area contributed by atoms with Gasteiger partial charge in [-0.05, 0) is 36.8 Å². The number of nitrogens with zero attached hydrogens (tertiary/aromatic N) is 3. The molecule has 4 rings (SSSR count). The molecule has 33 heavy (non-hydrogen) atoms. The SMILES string of the molecule is COc1ccccc1C(=O)CCC(=O)N1CCN(c2cc(C)c3cccc(OC)c3n2)CC1. The van der Waals surface area contributed by atoms with Crippen molar-refractivity contribution in [3.63, 3.8) is 0 Å². The molecular weight excluding hydrogens is 418 g/mol. The van der Waals surface area contributed by atoms with Crippen molar-refractivity contribution in [1.82, 2.24) is 9.88 Å². The third-order valence-electron chi connectivity index (χ3n) is 6.15. The van der Waals surface area contributed by atoms with Crippen LogP contribution in [-0.2, 0) is 4.79 Å². The molecule has 3 aromatic rings. The van der Waals surface area contributed by atoms with Crippen molar-refractivity contribution in [2.45, 2.75) is 19.8 Å². The molecule has 0 spiro atoms. The van der Waals surface area contributed by atoms with Gasteiger partial charge in [-0.1, -0.05) is 24.3 Å². The third-order valence-corrected chi connectivity index (χ3v) is 6.15. The highest BCUT2D eigenvalue weighted by Gasteiger charge is 2.23. The Morgan fingerprint density at radius 2 is 1.61 bits per heavy atom. The molecule has 2 heterocycles. The lowest BCUT2D eigenvalue weighted by Gasteiger charge is -2.35. The minimum atomic E-state index is -0.0794. The number of hydrogen-bond acceptors (Lipinski definition) is 6. The van der Waals surface area contributed by atoms with Crippen molar-refractivity contribution in [3.05, 3.63) is 59.7 Å². The summed E-state index contributed by atoms with van der Waals surface area (Å²) in [6.07, 6.45) is 0.367. The summed E-state index contributed by atoms with van der Waals surface area (Å²) in [6, 6.07) is 15.1. The number of fused-ring (bicyclic) bond motifs is 1. The summed E-state index contributed by atoms with van der Waals surface area (Å²) in [6.45, 7) is 4.67. The average molecular weight is 448 g/mol. The number of pyridine rings is 1. The van der Waals surface area contributed by atoms with Gasteiger partial charge in [0.15, 0.2) is 5.78 Å². The molecule has 0 radical (unpaired) electrons. The van der Waals surface area contributed by atoms with Crippen molar-refractivity contribution in [2.75, 3.05) is 45.3 Å². The molecule has 0 aliphatic carbocycles. The Bertz CT molecular complexity index is 1170. The number of ether oxygens (including phenoxy) is 2. The molecule has 2 aromatic carbocycles. The predicted octanol–water partition coefficient (Wildman–Crippen LogP) is 3.87. The second-order valence-electron chi connectivity index (χ2n) is 8.15. The number of hydrogen-bond donors (Lipinski definition) is 0. The van der Waals surface area contributed by atoms with E-state index in [1.165, 1.54) is 0 Å². The maximum Gasteiger partial charge on any atom is 0.223 e. The zero-order valence-electron chi connectivity index (χ0n) is 19.3. The van der Waals surface area contributed by atoms with Crippen LogP contribution in [0.5, 0.6) is 11.5 Å². The maximum absolute atomic E-state index is 12.7. The van der Waals surface area contributed by atoms with Crippen LogP contribution in [0, 0.1) is 6.92 Å². The third kappa shape index (κ3) is 4.77. The molecule has 1 fully saturated rings. The number of para-hydroxylation sites is 2. The summed E-state index contributed by atoms with van der Waals surface area (Å²) in [7, 11) is 3.19. The number of Topliss-reactive ketones (excluding diaryl/α,β-unsaturated/α-hetero) is 1. The zero-order valence-corrected chi connectivity index (χ0v) is 19.3. The first-order valence-corrected chi connectivity index (χ1v) is 11.1. The van der Waals surface area contributed by atoms with E-state index in [0.717, 1.165) is 28.0 Å². The number of ketones is 1. The normalized spacial score (nSPS) is 13.8. The van der Waals surface area contributed by atoms with Crippen LogP contribution in [0.2, 0.25) is 0 Å². The van der Waals surface area contributed by atoms with Gasteiger partial charge >= 0.3 is 0 Å². The summed E-state index contributed by atoms with van der Waals surface area (Å²) in [5.74, 6) is 2.11. The molecule has 172 valence electrons. The molecule has 1 aromatic heterocycles.